The topological polar surface area (TPSA) is 28.2 Å². The molecule has 0 unspecified atom stereocenters. The van der Waals surface area contributed by atoms with Crippen LogP contribution >= 0.6 is 0 Å². The van der Waals surface area contributed by atoms with E-state index in [0.717, 1.165) is 25.5 Å². The summed E-state index contributed by atoms with van der Waals surface area (Å²) in [6, 6.07) is 3.12. The summed E-state index contributed by atoms with van der Waals surface area (Å²) in [7, 11) is 0. The van der Waals surface area contributed by atoms with Crippen LogP contribution in [0.25, 0.3) is 0 Å². The quantitative estimate of drug-likeness (QED) is 0.692. The minimum Gasteiger partial charge on any atom is -0.349 e. The highest BCUT2D eigenvalue weighted by Gasteiger charge is 2.11. The van der Waals surface area contributed by atoms with Gasteiger partial charge in [0.1, 0.15) is 11.6 Å². The molecule has 1 aliphatic heterocycles. The Bertz CT molecular complexity index is 267. The Labute approximate surface area is 76.6 Å². The maximum absolute atomic E-state index is 12.6. The number of pyridine rings is 1. The van der Waals surface area contributed by atoms with Crippen LogP contribution in [0.4, 0.5) is 10.2 Å². The molecule has 69 valence electrons. The van der Waals surface area contributed by atoms with Gasteiger partial charge in [-0.05, 0) is 12.1 Å². The van der Waals surface area contributed by atoms with Gasteiger partial charge in [0.15, 0.2) is 0 Å². The highest BCUT2D eigenvalue weighted by atomic mass is 19.1. The number of anilines is 1. The molecule has 0 aliphatic carbocycles. The van der Waals surface area contributed by atoms with Gasteiger partial charge >= 0.3 is 0 Å². The van der Waals surface area contributed by atoms with Crippen molar-refractivity contribution in [3.05, 3.63) is 30.7 Å². The highest BCUT2D eigenvalue weighted by molar-refractivity contribution is 5.40. The second-order valence-electron chi connectivity index (χ2n) is 2.91. The molecular weight excluding hydrogens is 169 g/mol. The van der Waals surface area contributed by atoms with Crippen molar-refractivity contribution in [2.75, 3.05) is 24.5 Å². The zero-order valence-electron chi connectivity index (χ0n) is 7.20. The summed E-state index contributed by atoms with van der Waals surface area (Å²) in [4.78, 5) is 6.02. The Morgan fingerprint density at radius 1 is 1.46 bits per heavy atom. The van der Waals surface area contributed by atoms with E-state index in [-0.39, 0.29) is 5.82 Å². The average molecular weight is 180 g/mol. The number of hydrogen-bond acceptors (Lipinski definition) is 3. The van der Waals surface area contributed by atoms with E-state index in [2.05, 4.69) is 10.3 Å². The zero-order chi connectivity index (χ0) is 9.10. The molecule has 2 rings (SSSR count). The van der Waals surface area contributed by atoms with Crippen LogP contribution < -0.4 is 10.2 Å². The van der Waals surface area contributed by atoms with Crippen LogP contribution in [0.2, 0.25) is 0 Å². The third-order valence-electron chi connectivity index (χ3n) is 1.99. The monoisotopic (exact) mass is 180 g/mol. The van der Waals surface area contributed by atoms with E-state index in [1.807, 2.05) is 11.4 Å². The normalized spacial score (nSPS) is 17.5. The molecule has 1 saturated heterocycles. The molecule has 0 spiro atoms. The summed E-state index contributed by atoms with van der Waals surface area (Å²) in [5.41, 5.74) is 0. The molecule has 1 radical (unpaired) electrons. The van der Waals surface area contributed by atoms with Gasteiger partial charge in [0.05, 0.1) is 12.7 Å². The van der Waals surface area contributed by atoms with Crippen molar-refractivity contribution in [1.29, 1.82) is 0 Å². The van der Waals surface area contributed by atoms with Gasteiger partial charge < -0.3 is 10.2 Å². The molecule has 0 atom stereocenters. The third-order valence-corrected chi connectivity index (χ3v) is 1.99. The smallest absolute Gasteiger partial charge is 0.141 e. The van der Waals surface area contributed by atoms with Crippen LogP contribution in [0.1, 0.15) is 0 Å². The van der Waals surface area contributed by atoms with E-state index in [0.29, 0.717) is 0 Å². The number of hydrogen-bond donors (Lipinski definition) is 1. The number of rotatable bonds is 1. The molecule has 0 saturated carbocycles. The lowest BCUT2D eigenvalue weighted by molar-refractivity contribution is 0.614. The van der Waals surface area contributed by atoms with Crippen molar-refractivity contribution >= 4 is 5.82 Å². The molecule has 1 N–H and O–H groups in total. The molecule has 1 aromatic rings. The highest BCUT2D eigenvalue weighted by Crippen LogP contribution is 2.12. The molecular formula is C9H11FN3. The number of nitrogens with zero attached hydrogens (tertiary/aromatic N) is 2. The molecule has 1 fully saturated rings. The fourth-order valence-corrected chi connectivity index (χ4v) is 1.31. The van der Waals surface area contributed by atoms with E-state index in [1.54, 1.807) is 6.07 Å². The number of piperazine rings is 1. The van der Waals surface area contributed by atoms with Gasteiger partial charge in [-0.15, -0.1) is 0 Å². The summed E-state index contributed by atoms with van der Waals surface area (Å²) in [6.45, 7) is 4.69. The van der Waals surface area contributed by atoms with Crippen molar-refractivity contribution in [3.63, 3.8) is 0 Å². The molecule has 0 bridgehead atoms. The van der Waals surface area contributed by atoms with Gasteiger partial charge in [-0.25, -0.2) is 9.37 Å². The maximum atomic E-state index is 12.6. The third kappa shape index (κ3) is 1.95. The number of nitrogens with one attached hydrogen (secondary N) is 1. The minimum atomic E-state index is -0.293. The number of aromatic nitrogens is 1. The molecule has 3 nitrogen and oxygen atoms in total. The van der Waals surface area contributed by atoms with Crippen LogP contribution in [0.5, 0.6) is 0 Å². The number of halogens is 1. The van der Waals surface area contributed by atoms with Gasteiger partial charge in [0.2, 0.25) is 0 Å². The van der Waals surface area contributed by atoms with Crippen LogP contribution in [0.3, 0.4) is 0 Å². The van der Waals surface area contributed by atoms with Crippen molar-refractivity contribution < 1.29 is 4.39 Å². The van der Waals surface area contributed by atoms with E-state index in [1.165, 1.54) is 12.3 Å². The van der Waals surface area contributed by atoms with Gasteiger partial charge in [-0.3, -0.25) is 0 Å². The van der Waals surface area contributed by atoms with E-state index < -0.39 is 0 Å². The SMILES string of the molecule is Fc1ccc(N2[CH]CNCC2)nc1. The first kappa shape index (κ1) is 8.44. The minimum absolute atomic E-state index is 0.293. The maximum Gasteiger partial charge on any atom is 0.141 e. The summed E-state index contributed by atoms with van der Waals surface area (Å²) in [5.74, 6) is 0.516. The summed E-state index contributed by atoms with van der Waals surface area (Å²) >= 11 is 0. The van der Waals surface area contributed by atoms with Gasteiger partial charge in [-0.2, -0.15) is 0 Å². The van der Waals surface area contributed by atoms with Crippen LogP contribution in [-0.4, -0.2) is 24.6 Å². The average Bonchev–Trinajstić information content (AvgIpc) is 2.20. The molecule has 0 aromatic carbocycles. The van der Waals surface area contributed by atoms with Crippen LogP contribution in [0, 0.1) is 12.4 Å². The standard InChI is InChI=1S/C9H11FN3/c10-8-1-2-9(12-7-8)13-5-3-11-4-6-13/h1-2,5,7,11H,3-4,6H2. The van der Waals surface area contributed by atoms with E-state index in [9.17, 15) is 4.39 Å². The van der Waals surface area contributed by atoms with Crippen molar-refractivity contribution in [1.82, 2.24) is 10.3 Å². The predicted molar refractivity (Wildman–Crippen MR) is 48.7 cm³/mol. The fourth-order valence-electron chi connectivity index (χ4n) is 1.31. The molecule has 1 aliphatic rings. The van der Waals surface area contributed by atoms with Gasteiger partial charge in [0.25, 0.3) is 0 Å². The Morgan fingerprint density at radius 2 is 2.38 bits per heavy atom. The predicted octanol–water partition coefficient (Wildman–Crippen LogP) is 0.792. The van der Waals surface area contributed by atoms with Crippen LogP contribution in [-0.2, 0) is 0 Å². The van der Waals surface area contributed by atoms with Crippen molar-refractivity contribution in [2.24, 2.45) is 0 Å². The molecule has 2 heterocycles. The molecule has 13 heavy (non-hydrogen) atoms. The Kier molecular flexibility index (Phi) is 2.40. The van der Waals surface area contributed by atoms with E-state index >= 15 is 0 Å². The molecule has 1 aromatic heterocycles. The van der Waals surface area contributed by atoms with Crippen LogP contribution in [0.15, 0.2) is 18.3 Å². The largest absolute Gasteiger partial charge is 0.349 e. The zero-order valence-corrected chi connectivity index (χ0v) is 7.20. The Hall–Kier alpha value is -1.16. The van der Waals surface area contributed by atoms with Gasteiger partial charge in [-0.1, -0.05) is 0 Å². The molecule has 0 amide bonds. The Morgan fingerprint density at radius 3 is 3.00 bits per heavy atom. The van der Waals surface area contributed by atoms with Gasteiger partial charge in [0, 0.05) is 19.6 Å². The lowest BCUT2D eigenvalue weighted by Crippen LogP contribution is -2.40. The summed E-state index contributed by atoms with van der Waals surface area (Å²) < 4.78 is 12.6. The first-order chi connectivity index (χ1) is 6.36. The summed E-state index contributed by atoms with van der Waals surface area (Å²) in [5, 5.41) is 3.20. The Balaban J connectivity index is 2.10. The molecule has 4 heteroatoms. The second-order valence-corrected chi connectivity index (χ2v) is 2.91. The van der Waals surface area contributed by atoms with Crippen molar-refractivity contribution in [2.45, 2.75) is 0 Å². The second kappa shape index (κ2) is 3.70. The lowest BCUT2D eigenvalue weighted by atomic mass is 10.3. The first-order valence-corrected chi connectivity index (χ1v) is 4.28. The fraction of sp³-hybridized carbons (Fsp3) is 0.333. The van der Waals surface area contributed by atoms with E-state index in [4.69, 9.17) is 0 Å². The van der Waals surface area contributed by atoms with Crippen molar-refractivity contribution in [3.8, 4) is 0 Å². The lowest BCUT2D eigenvalue weighted by Gasteiger charge is -2.27. The summed E-state index contributed by atoms with van der Waals surface area (Å²) in [6.07, 6.45) is 1.24. The first-order valence-electron chi connectivity index (χ1n) is 4.28.